The Morgan fingerprint density at radius 2 is 1.89 bits per heavy atom. The Labute approximate surface area is 125 Å². The highest BCUT2D eigenvalue weighted by molar-refractivity contribution is 9.10. The Balaban J connectivity index is 1.99. The third-order valence-electron chi connectivity index (χ3n) is 3.07. The molecule has 0 amide bonds. The summed E-state index contributed by atoms with van der Waals surface area (Å²) in [6, 6.07) is 16.1. The summed E-state index contributed by atoms with van der Waals surface area (Å²) in [5.41, 5.74) is 2.13. The summed E-state index contributed by atoms with van der Waals surface area (Å²) in [4.78, 5) is 6.77. The van der Waals surface area contributed by atoms with Gasteiger partial charge in [0.25, 0.3) is 0 Å². The summed E-state index contributed by atoms with van der Waals surface area (Å²) in [5, 5.41) is 0.736. The normalized spacial score (nSPS) is 14.6. The highest BCUT2D eigenvalue weighted by atomic mass is 79.9. The van der Waals surface area contributed by atoms with Crippen LogP contribution in [0, 0.1) is 0 Å². The quantitative estimate of drug-likeness (QED) is 0.795. The van der Waals surface area contributed by atoms with E-state index in [-0.39, 0.29) is 0 Å². The molecule has 0 aromatic heterocycles. The van der Waals surface area contributed by atoms with Crippen LogP contribution in [0.5, 0.6) is 0 Å². The number of benzene rings is 2. The van der Waals surface area contributed by atoms with Gasteiger partial charge in [-0.05, 0) is 18.2 Å². The molecule has 0 spiro atoms. The smallest absolute Gasteiger partial charge is 0.135 e. The van der Waals surface area contributed by atoms with Crippen LogP contribution in [-0.4, -0.2) is 18.9 Å². The SMILES string of the molecule is Clc1cc(Br)ccc1N1CCN=C1c1ccccc1. The molecule has 2 aromatic rings. The predicted molar refractivity (Wildman–Crippen MR) is 84.3 cm³/mol. The second kappa shape index (κ2) is 5.35. The highest BCUT2D eigenvalue weighted by Crippen LogP contribution is 2.31. The standard InChI is InChI=1S/C15H12BrClN2/c16-12-6-7-14(13(17)10-12)19-9-8-18-15(19)11-4-2-1-3-5-11/h1-7,10H,8-9H2. The summed E-state index contributed by atoms with van der Waals surface area (Å²) >= 11 is 9.77. The lowest BCUT2D eigenvalue weighted by Crippen LogP contribution is -2.28. The molecule has 2 nitrogen and oxygen atoms in total. The van der Waals surface area contributed by atoms with Crippen molar-refractivity contribution in [2.24, 2.45) is 4.99 Å². The molecule has 0 saturated heterocycles. The maximum Gasteiger partial charge on any atom is 0.135 e. The van der Waals surface area contributed by atoms with Gasteiger partial charge >= 0.3 is 0 Å². The summed E-state index contributed by atoms with van der Waals surface area (Å²) in [5.74, 6) is 0.991. The molecule has 1 heterocycles. The van der Waals surface area contributed by atoms with Gasteiger partial charge in [-0.2, -0.15) is 0 Å². The van der Waals surface area contributed by atoms with Crippen LogP contribution in [0.4, 0.5) is 5.69 Å². The van der Waals surface area contributed by atoms with Gasteiger partial charge < -0.3 is 4.90 Å². The second-order valence-electron chi connectivity index (χ2n) is 4.32. The Kier molecular flexibility index (Phi) is 3.58. The Bertz CT molecular complexity index is 625. The van der Waals surface area contributed by atoms with Crippen LogP contribution in [0.2, 0.25) is 5.02 Å². The first-order chi connectivity index (χ1) is 9.25. The molecular formula is C15H12BrClN2. The van der Waals surface area contributed by atoms with Crippen LogP contribution in [0.25, 0.3) is 0 Å². The number of amidine groups is 1. The first-order valence-electron chi connectivity index (χ1n) is 6.08. The number of hydrogen-bond donors (Lipinski definition) is 0. The van der Waals surface area contributed by atoms with Gasteiger partial charge in [0, 0.05) is 16.6 Å². The fraction of sp³-hybridized carbons (Fsp3) is 0.133. The van der Waals surface area contributed by atoms with Crippen molar-refractivity contribution in [1.82, 2.24) is 0 Å². The first-order valence-corrected chi connectivity index (χ1v) is 7.25. The topological polar surface area (TPSA) is 15.6 Å². The van der Waals surface area contributed by atoms with E-state index in [1.54, 1.807) is 0 Å². The van der Waals surface area contributed by atoms with Gasteiger partial charge in [0.15, 0.2) is 0 Å². The molecule has 0 saturated carbocycles. The zero-order valence-corrected chi connectivity index (χ0v) is 12.5. The molecule has 0 unspecified atom stereocenters. The lowest BCUT2D eigenvalue weighted by Gasteiger charge is -2.22. The van der Waals surface area contributed by atoms with Crippen molar-refractivity contribution in [1.29, 1.82) is 0 Å². The minimum Gasteiger partial charge on any atom is -0.323 e. The molecule has 0 N–H and O–H groups in total. The van der Waals surface area contributed by atoms with Crippen molar-refractivity contribution in [2.75, 3.05) is 18.0 Å². The van der Waals surface area contributed by atoms with E-state index in [1.165, 1.54) is 0 Å². The average Bonchev–Trinajstić information content (AvgIpc) is 2.89. The molecule has 4 heteroatoms. The van der Waals surface area contributed by atoms with Crippen molar-refractivity contribution in [3.8, 4) is 0 Å². The maximum atomic E-state index is 6.34. The van der Waals surface area contributed by atoms with E-state index in [4.69, 9.17) is 11.6 Å². The van der Waals surface area contributed by atoms with E-state index in [9.17, 15) is 0 Å². The third kappa shape index (κ3) is 2.53. The number of aliphatic imine (C=N–C) groups is 1. The number of rotatable bonds is 2. The molecule has 3 rings (SSSR count). The number of hydrogen-bond acceptors (Lipinski definition) is 2. The number of nitrogens with zero attached hydrogens (tertiary/aromatic N) is 2. The van der Waals surface area contributed by atoms with Gasteiger partial charge in [-0.1, -0.05) is 57.9 Å². The van der Waals surface area contributed by atoms with Crippen LogP contribution in [0.3, 0.4) is 0 Å². The fourth-order valence-corrected chi connectivity index (χ4v) is 2.99. The van der Waals surface area contributed by atoms with Crippen LogP contribution < -0.4 is 4.90 Å². The van der Waals surface area contributed by atoms with E-state index in [0.717, 1.165) is 39.7 Å². The van der Waals surface area contributed by atoms with Gasteiger partial charge in [-0.15, -0.1) is 0 Å². The Morgan fingerprint density at radius 1 is 1.11 bits per heavy atom. The molecule has 96 valence electrons. The molecule has 2 aromatic carbocycles. The Hall–Kier alpha value is -1.32. The van der Waals surface area contributed by atoms with Gasteiger partial charge in [-0.25, -0.2) is 0 Å². The molecule has 0 fully saturated rings. The van der Waals surface area contributed by atoms with Crippen LogP contribution >= 0.6 is 27.5 Å². The van der Waals surface area contributed by atoms with Crippen molar-refractivity contribution in [3.63, 3.8) is 0 Å². The second-order valence-corrected chi connectivity index (χ2v) is 5.64. The van der Waals surface area contributed by atoms with E-state index in [1.807, 2.05) is 36.4 Å². The van der Waals surface area contributed by atoms with Crippen LogP contribution in [0.15, 0.2) is 58.0 Å². The largest absolute Gasteiger partial charge is 0.323 e. The van der Waals surface area contributed by atoms with Crippen molar-refractivity contribution in [2.45, 2.75) is 0 Å². The van der Waals surface area contributed by atoms with Gasteiger partial charge in [-0.3, -0.25) is 4.99 Å². The van der Waals surface area contributed by atoms with Crippen molar-refractivity contribution < 1.29 is 0 Å². The van der Waals surface area contributed by atoms with E-state index >= 15 is 0 Å². The predicted octanol–water partition coefficient (Wildman–Crippen LogP) is 4.37. The summed E-state index contributed by atoms with van der Waals surface area (Å²) in [6.45, 7) is 1.67. The summed E-state index contributed by atoms with van der Waals surface area (Å²) in [7, 11) is 0. The lowest BCUT2D eigenvalue weighted by molar-refractivity contribution is 1.02. The number of halogens is 2. The minimum atomic E-state index is 0.736. The van der Waals surface area contributed by atoms with E-state index in [0.29, 0.717) is 0 Å². The van der Waals surface area contributed by atoms with Gasteiger partial charge in [0.1, 0.15) is 5.84 Å². The van der Waals surface area contributed by atoms with Crippen LogP contribution in [-0.2, 0) is 0 Å². The first kappa shape index (κ1) is 12.7. The minimum absolute atomic E-state index is 0.736. The Morgan fingerprint density at radius 3 is 2.63 bits per heavy atom. The van der Waals surface area contributed by atoms with E-state index in [2.05, 4.69) is 38.0 Å². The number of anilines is 1. The van der Waals surface area contributed by atoms with Crippen LogP contribution in [0.1, 0.15) is 5.56 Å². The monoisotopic (exact) mass is 334 g/mol. The molecule has 0 aliphatic carbocycles. The summed E-state index contributed by atoms with van der Waals surface area (Å²) < 4.78 is 0.985. The zero-order chi connectivity index (χ0) is 13.2. The summed E-state index contributed by atoms with van der Waals surface area (Å²) in [6.07, 6.45) is 0. The molecule has 0 radical (unpaired) electrons. The van der Waals surface area contributed by atoms with Gasteiger partial charge in [0.2, 0.25) is 0 Å². The molecule has 1 aliphatic heterocycles. The molecule has 0 atom stereocenters. The molecular weight excluding hydrogens is 324 g/mol. The molecule has 1 aliphatic rings. The van der Waals surface area contributed by atoms with Crippen molar-refractivity contribution >= 4 is 39.1 Å². The highest BCUT2D eigenvalue weighted by Gasteiger charge is 2.21. The average molecular weight is 336 g/mol. The molecule has 19 heavy (non-hydrogen) atoms. The zero-order valence-electron chi connectivity index (χ0n) is 10.2. The fourth-order valence-electron chi connectivity index (χ4n) is 2.22. The molecule has 0 bridgehead atoms. The maximum absolute atomic E-state index is 6.34. The van der Waals surface area contributed by atoms with Gasteiger partial charge in [0.05, 0.1) is 17.3 Å². The lowest BCUT2D eigenvalue weighted by atomic mass is 10.2. The van der Waals surface area contributed by atoms with E-state index < -0.39 is 0 Å². The van der Waals surface area contributed by atoms with Crippen molar-refractivity contribution in [3.05, 3.63) is 63.6 Å². The third-order valence-corrected chi connectivity index (χ3v) is 3.87.